The number of nitrogen functional groups attached to an aromatic ring is 1. The first kappa shape index (κ1) is 16.2. The monoisotopic (exact) mass is 325 g/mol. The Morgan fingerprint density at radius 2 is 2.04 bits per heavy atom. The minimum Gasteiger partial charge on any atom is -0.399 e. The molecule has 0 radical (unpaired) electrons. The van der Waals surface area contributed by atoms with Crippen LogP contribution < -0.4 is 16.0 Å². The predicted molar refractivity (Wildman–Crippen MR) is 94.6 cm³/mol. The van der Waals surface area contributed by atoms with Crippen molar-refractivity contribution in [3.05, 3.63) is 48.3 Å². The van der Waals surface area contributed by atoms with Gasteiger partial charge in [0.1, 0.15) is 0 Å². The second-order valence-corrected chi connectivity index (χ2v) is 6.10. The predicted octanol–water partition coefficient (Wildman–Crippen LogP) is 1.78. The van der Waals surface area contributed by atoms with E-state index >= 15 is 0 Å². The van der Waals surface area contributed by atoms with Gasteiger partial charge in [-0.05, 0) is 37.0 Å². The standard InChI is InChI=1S/C18H23N5O/c19-16-7-2-1-5-14(16)8-9-17(24)22-15-6-3-12-23(13-15)18-20-10-4-11-21-18/h1-2,4-5,7,10-11,15H,3,6,8-9,12-13,19H2,(H,22,24). The van der Waals surface area contributed by atoms with Crippen molar-refractivity contribution in [1.82, 2.24) is 15.3 Å². The van der Waals surface area contributed by atoms with Crippen LogP contribution in [0.15, 0.2) is 42.7 Å². The molecule has 24 heavy (non-hydrogen) atoms. The molecule has 0 bridgehead atoms. The molecule has 2 heterocycles. The summed E-state index contributed by atoms with van der Waals surface area (Å²) in [5.74, 6) is 0.799. The van der Waals surface area contributed by atoms with E-state index in [1.54, 1.807) is 12.4 Å². The van der Waals surface area contributed by atoms with Gasteiger partial charge < -0.3 is 16.0 Å². The molecule has 1 amide bonds. The molecule has 1 aliphatic heterocycles. The largest absolute Gasteiger partial charge is 0.399 e. The number of benzene rings is 1. The van der Waals surface area contributed by atoms with Crippen LogP contribution in [-0.2, 0) is 11.2 Å². The van der Waals surface area contributed by atoms with Crippen LogP contribution in [0.1, 0.15) is 24.8 Å². The second kappa shape index (κ2) is 7.77. The van der Waals surface area contributed by atoms with Crippen LogP contribution in [0.5, 0.6) is 0 Å². The van der Waals surface area contributed by atoms with Crippen LogP contribution in [0.25, 0.3) is 0 Å². The lowest BCUT2D eigenvalue weighted by atomic mass is 10.0. The number of anilines is 2. The summed E-state index contributed by atoms with van der Waals surface area (Å²) in [6, 6.07) is 9.64. The van der Waals surface area contributed by atoms with Crippen LogP contribution in [0.2, 0.25) is 0 Å². The van der Waals surface area contributed by atoms with Crippen LogP contribution in [0.3, 0.4) is 0 Å². The summed E-state index contributed by atoms with van der Waals surface area (Å²) in [7, 11) is 0. The van der Waals surface area contributed by atoms with Gasteiger partial charge in [0.2, 0.25) is 11.9 Å². The lowest BCUT2D eigenvalue weighted by Crippen LogP contribution is -2.48. The highest BCUT2D eigenvalue weighted by molar-refractivity contribution is 5.76. The fourth-order valence-electron chi connectivity index (χ4n) is 3.04. The molecule has 126 valence electrons. The average Bonchev–Trinajstić information content (AvgIpc) is 2.62. The highest BCUT2D eigenvalue weighted by Gasteiger charge is 2.22. The summed E-state index contributed by atoms with van der Waals surface area (Å²) >= 11 is 0. The Morgan fingerprint density at radius 1 is 1.25 bits per heavy atom. The number of rotatable bonds is 5. The maximum Gasteiger partial charge on any atom is 0.225 e. The number of piperidine rings is 1. The normalized spacial score (nSPS) is 17.5. The Morgan fingerprint density at radius 3 is 2.83 bits per heavy atom. The smallest absolute Gasteiger partial charge is 0.225 e. The van der Waals surface area contributed by atoms with Crippen molar-refractivity contribution >= 4 is 17.5 Å². The molecule has 3 rings (SSSR count). The summed E-state index contributed by atoms with van der Waals surface area (Å²) in [5.41, 5.74) is 7.69. The van der Waals surface area contributed by atoms with Gasteiger partial charge in [-0.25, -0.2) is 9.97 Å². The lowest BCUT2D eigenvalue weighted by molar-refractivity contribution is -0.121. The first-order valence-electron chi connectivity index (χ1n) is 8.37. The first-order valence-corrected chi connectivity index (χ1v) is 8.37. The Labute approximate surface area is 142 Å². The number of para-hydroxylation sites is 1. The molecule has 1 atom stereocenters. The molecule has 0 saturated carbocycles. The lowest BCUT2D eigenvalue weighted by Gasteiger charge is -2.33. The van der Waals surface area contributed by atoms with Crippen molar-refractivity contribution < 1.29 is 4.79 Å². The number of hydrogen-bond donors (Lipinski definition) is 2. The van der Waals surface area contributed by atoms with Gasteiger partial charge in [-0.2, -0.15) is 0 Å². The summed E-state index contributed by atoms with van der Waals surface area (Å²) in [5, 5.41) is 3.13. The van der Waals surface area contributed by atoms with Crippen LogP contribution in [0.4, 0.5) is 11.6 Å². The molecule has 1 saturated heterocycles. The van der Waals surface area contributed by atoms with E-state index in [0.29, 0.717) is 12.8 Å². The number of nitrogens with zero attached hydrogens (tertiary/aromatic N) is 3. The van der Waals surface area contributed by atoms with Gasteiger partial charge >= 0.3 is 0 Å². The van der Waals surface area contributed by atoms with E-state index in [-0.39, 0.29) is 11.9 Å². The summed E-state index contributed by atoms with van der Waals surface area (Å²) in [4.78, 5) is 22.9. The van der Waals surface area contributed by atoms with E-state index in [1.807, 2.05) is 30.3 Å². The third kappa shape index (κ3) is 4.22. The molecule has 1 aromatic heterocycles. The Hall–Kier alpha value is -2.63. The maximum absolute atomic E-state index is 12.2. The Kier molecular flexibility index (Phi) is 5.25. The van der Waals surface area contributed by atoms with Crippen molar-refractivity contribution in [3.8, 4) is 0 Å². The van der Waals surface area contributed by atoms with E-state index < -0.39 is 0 Å². The van der Waals surface area contributed by atoms with E-state index in [4.69, 9.17) is 5.73 Å². The number of nitrogens with one attached hydrogen (secondary N) is 1. The molecule has 2 aromatic rings. The van der Waals surface area contributed by atoms with Crippen molar-refractivity contribution in [3.63, 3.8) is 0 Å². The SMILES string of the molecule is Nc1ccccc1CCC(=O)NC1CCCN(c2ncccn2)C1. The molecule has 0 aliphatic carbocycles. The topological polar surface area (TPSA) is 84.1 Å². The van der Waals surface area contributed by atoms with Crippen LogP contribution in [0, 0.1) is 0 Å². The quantitative estimate of drug-likeness (QED) is 0.819. The van der Waals surface area contributed by atoms with Gasteiger partial charge in [0.15, 0.2) is 0 Å². The molecule has 1 unspecified atom stereocenters. The van der Waals surface area contributed by atoms with Gasteiger partial charge in [0.05, 0.1) is 0 Å². The van der Waals surface area contributed by atoms with Gasteiger partial charge in [-0.1, -0.05) is 18.2 Å². The molecular formula is C18H23N5O. The van der Waals surface area contributed by atoms with Gasteiger partial charge in [-0.3, -0.25) is 4.79 Å². The number of hydrogen-bond acceptors (Lipinski definition) is 5. The summed E-state index contributed by atoms with van der Waals surface area (Å²) in [6.45, 7) is 1.68. The number of carbonyl (C=O) groups excluding carboxylic acids is 1. The minimum atomic E-state index is 0.0686. The molecular weight excluding hydrogens is 302 g/mol. The van der Waals surface area contributed by atoms with E-state index in [1.165, 1.54) is 0 Å². The number of aromatic nitrogens is 2. The van der Waals surface area contributed by atoms with Crippen molar-refractivity contribution in [2.24, 2.45) is 0 Å². The molecule has 6 heteroatoms. The van der Waals surface area contributed by atoms with Gasteiger partial charge in [0, 0.05) is 43.6 Å². The fourth-order valence-corrected chi connectivity index (χ4v) is 3.04. The van der Waals surface area contributed by atoms with Crippen molar-refractivity contribution in [2.75, 3.05) is 23.7 Å². The van der Waals surface area contributed by atoms with Crippen molar-refractivity contribution in [2.45, 2.75) is 31.7 Å². The zero-order valence-corrected chi connectivity index (χ0v) is 13.7. The molecule has 1 aromatic carbocycles. The zero-order chi connectivity index (χ0) is 16.8. The van der Waals surface area contributed by atoms with Crippen molar-refractivity contribution in [1.29, 1.82) is 0 Å². The number of amides is 1. The number of aryl methyl sites for hydroxylation is 1. The highest BCUT2D eigenvalue weighted by atomic mass is 16.1. The van der Waals surface area contributed by atoms with Crippen LogP contribution >= 0.6 is 0 Å². The average molecular weight is 325 g/mol. The molecule has 1 aliphatic rings. The fraction of sp³-hybridized carbons (Fsp3) is 0.389. The molecule has 1 fully saturated rings. The van der Waals surface area contributed by atoms with Gasteiger partial charge in [-0.15, -0.1) is 0 Å². The Bertz CT molecular complexity index is 676. The third-order valence-electron chi connectivity index (χ3n) is 4.30. The molecule has 3 N–H and O–H groups in total. The third-order valence-corrected chi connectivity index (χ3v) is 4.30. The maximum atomic E-state index is 12.2. The van der Waals surface area contributed by atoms with E-state index in [0.717, 1.165) is 43.1 Å². The molecule has 0 spiro atoms. The first-order chi connectivity index (χ1) is 11.7. The van der Waals surface area contributed by atoms with E-state index in [2.05, 4.69) is 20.2 Å². The second-order valence-electron chi connectivity index (χ2n) is 6.10. The Balaban J connectivity index is 1.50. The summed E-state index contributed by atoms with van der Waals surface area (Å²) in [6.07, 6.45) is 6.62. The summed E-state index contributed by atoms with van der Waals surface area (Å²) < 4.78 is 0. The highest BCUT2D eigenvalue weighted by Crippen LogP contribution is 2.16. The van der Waals surface area contributed by atoms with Gasteiger partial charge in [0.25, 0.3) is 0 Å². The van der Waals surface area contributed by atoms with Crippen LogP contribution in [-0.4, -0.2) is 35.0 Å². The van der Waals surface area contributed by atoms with E-state index in [9.17, 15) is 4.79 Å². The molecule has 6 nitrogen and oxygen atoms in total. The number of carbonyl (C=O) groups is 1. The number of nitrogens with two attached hydrogens (primary N) is 1. The zero-order valence-electron chi connectivity index (χ0n) is 13.7. The minimum absolute atomic E-state index is 0.0686.